The molecule has 5 atom stereocenters. The van der Waals surface area contributed by atoms with E-state index in [1.54, 1.807) is 58.1 Å². The van der Waals surface area contributed by atoms with Gasteiger partial charge in [0.1, 0.15) is 24.1 Å². The van der Waals surface area contributed by atoms with E-state index in [0.29, 0.717) is 12.0 Å². The van der Waals surface area contributed by atoms with Crippen molar-refractivity contribution in [2.45, 2.75) is 71.2 Å². The van der Waals surface area contributed by atoms with Crippen LogP contribution in [0, 0.1) is 18.7 Å². The largest absolute Gasteiger partial charge is 0.458 e. The van der Waals surface area contributed by atoms with Crippen LogP contribution in [0.5, 0.6) is 0 Å². The minimum absolute atomic E-state index is 0.154. The van der Waals surface area contributed by atoms with Gasteiger partial charge in [-0.1, -0.05) is 37.3 Å². The molecular formula is C23H29FO5. The number of hydrogen-bond acceptors (Lipinski definition) is 5. The number of hydrogen-bond donors (Lipinski definition) is 1. The van der Waals surface area contributed by atoms with E-state index in [4.69, 9.17) is 14.2 Å². The van der Waals surface area contributed by atoms with Crippen LogP contribution >= 0.6 is 0 Å². The molecule has 2 aliphatic rings. The highest BCUT2D eigenvalue weighted by molar-refractivity contribution is 5.95. The third-order valence-corrected chi connectivity index (χ3v) is 5.46. The summed E-state index contributed by atoms with van der Waals surface area (Å²) in [4.78, 5) is 12.8. The molecule has 0 saturated carbocycles. The summed E-state index contributed by atoms with van der Waals surface area (Å²) in [6.45, 7) is 9.01. The fourth-order valence-electron chi connectivity index (χ4n) is 3.68. The van der Waals surface area contributed by atoms with Crippen molar-refractivity contribution >= 4 is 12.0 Å². The zero-order chi connectivity index (χ0) is 21.3. The van der Waals surface area contributed by atoms with E-state index in [1.165, 1.54) is 6.07 Å². The van der Waals surface area contributed by atoms with Gasteiger partial charge in [-0.25, -0.2) is 9.18 Å². The Bertz CT molecular complexity index is 829. The number of aryl methyl sites for hydroxylation is 1. The Balaban J connectivity index is 2.03. The number of esters is 1. The van der Waals surface area contributed by atoms with Gasteiger partial charge in [-0.15, -0.1) is 0 Å². The van der Waals surface area contributed by atoms with Crippen LogP contribution in [-0.4, -0.2) is 41.3 Å². The lowest BCUT2D eigenvalue weighted by Crippen LogP contribution is -2.34. The first-order valence-corrected chi connectivity index (χ1v) is 9.97. The molecule has 1 N–H and O–H groups in total. The topological polar surface area (TPSA) is 65.0 Å². The number of aliphatic hydroxyl groups excluding tert-OH is 1. The predicted molar refractivity (Wildman–Crippen MR) is 108 cm³/mol. The molecule has 0 aromatic heterocycles. The summed E-state index contributed by atoms with van der Waals surface area (Å²) in [7, 11) is 0. The molecule has 1 fully saturated rings. The highest BCUT2D eigenvalue weighted by Crippen LogP contribution is 2.33. The van der Waals surface area contributed by atoms with Gasteiger partial charge in [0.05, 0.1) is 11.7 Å². The van der Waals surface area contributed by atoms with Crippen LogP contribution in [0.2, 0.25) is 0 Å². The molecule has 29 heavy (non-hydrogen) atoms. The van der Waals surface area contributed by atoms with Crippen molar-refractivity contribution in [3.8, 4) is 0 Å². The highest BCUT2D eigenvalue weighted by atomic mass is 19.1. The van der Waals surface area contributed by atoms with Crippen molar-refractivity contribution in [2.24, 2.45) is 5.92 Å². The highest BCUT2D eigenvalue weighted by Gasteiger charge is 2.43. The van der Waals surface area contributed by atoms with Crippen LogP contribution in [-0.2, 0) is 14.2 Å². The van der Waals surface area contributed by atoms with Gasteiger partial charge >= 0.3 is 5.97 Å². The number of aliphatic hydroxyl groups is 1. The van der Waals surface area contributed by atoms with Gasteiger partial charge in [-0.3, -0.25) is 0 Å². The maximum Gasteiger partial charge on any atom is 0.339 e. The maximum absolute atomic E-state index is 14.6. The van der Waals surface area contributed by atoms with Crippen LogP contribution in [0.3, 0.4) is 0 Å². The molecule has 6 heteroatoms. The molecule has 2 heterocycles. The lowest BCUT2D eigenvalue weighted by atomic mass is 9.97. The number of carbonyl (C=O) groups excluding carboxylic acids is 1. The Kier molecular flexibility index (Phi) is 6.27. The molecule has 0 bridgehead atoms. The van der Waals surface area contributed by atoms with Crippen LogP contribution in [0.25, 0.3) is 6.08 Å². The molecule has 1 aromatic rings. The number of benzene rings is 1. The number of rotatable bonds is 0. The summed E-state index contributed by atoms with van der Waals surface area (Å²) in [5.74, 6) is -2.04. The van der Waals surface area contributed by atoms with Crippen molar-refractivity contribution in [3.05, 3.63) is 52.9 Å². The summed E-state index contributed by atoms with van der Waals surface area (Å²) in [5.41, 5.74) is 1.06. The summed E-state index contributed by atoms with van der Waals surface area (Å²) >= 11 is 0. The normalized spacial score (nSPS) is 33.3. The molecule has 5 nitrogen and oxygen atoms in total. The van der Waals surface area contributed by atoms with E-state index in [0.717, 1.165) is 0 Å². The van der Waals surface area contributed by atoms with Gasteiger partial charge in [0.15, 0.2) is 5.79 Å². The van der Waals surface area contributed by atoms with Crippen molar-refractivity contribution in [1.82, 2.24) is 0 Å². The lowest BCUT2D eigenvalue weighted by molar-refractivity contribution is -0.152. The van der Waals surface area contributed by atoms with Crippen LogP contribution in [0.4, 0.5) is 4.39 Å². The van der Waals surface area contributed by atoms with Crippen molar-refractivity contribution < 1.29 is 28.5 Å². The summed E-state index contributed by atoms with van der Waals surface area (Å²) in [5, 5.41) is 10.6. The SMILES string of the molecule is Cc1ccc(F)c2c1C(=O)O[C@@H](C)[C@H](C)/C=C\C(O)[C@H]1OC(C)(C)O[C@H]1CC=C2. The van der Waals surface area contributed by atoms with Crippen LogP contribution in [0.1, 0.15) is 55.6 Å². The number of fused-ring (bicyclic) bond motifs is 2. The van der Waals surface area contributed by atoms with Gasteiger partial charge in [0.2, 0.25) is 0 Å². The first-order valence-electron chi connectivity index (χ1n) is 9.97. The molecular weight excluding hydrogens is 375 g/mol. The van der Waals surface area contributed by atoms with Gasteiger partial charge in [0.25, 0.3) is 0 Å². The fraction of sp³-hybridized carbons (Fsp3) is 0.522. The number of cyclic esters (lactones) is 1. The van der Waals surface area contributed by atoms with Crippen molar-refractivity contribution in [3.63, 3.8) is 0 Å². The molecule has 0 aliphatic carbocycles. The van der Waals surface area contributed by atoms with Crippen LogP contribution < -0.4 is 0 Å². The second-order valence-electron chi connectivity index (χ2n) is 8.27. The first-order chi connectivity index (χ1) is 13.6. The molecule has 1 saturated heterocycles. The molecule has 1 unspecified atom stereocenters. The monoisotopic (exact) mass is 404 g/mol. The lowest BCUT2D eigenvalue weighted by Gasteiger charge is -2.22. The van der Waals surface area contributed by atoms with E-state index in [2.05, 4.69) is 0 Å². The molecule has 158 valence electrons. The average molecular weight is 404 g/mol. The second-order valence-corrected chi connectivity index (χ2v) is 8.27. The van der Waals surface area contributed by atoms with Crippen molar-refractivity contribution in [1.29, 1.82) is 0 Å². The molecule has 3 rings (SSSR count). The zero-order valence-corrected chi connectivity index (χ0v) is 17.5. The summed E-state index contributed by atoms with van der Waals surface area (Å²) in [6.07, 6.45) is 4.88. The number of carbonyl (C=O) groups is 1. The molecule has 0 amide bonds. The van der Waals surface area contributed by atoms with E-state index < -0.39 is 42.0 Å². The third kappa shape index (κ3) is 4.77. The van der Waals surface area contributed by atoms with E-state index in [1.807, 2.05) is 6.92 Å². The fourth-order valence-corrected chi connectivity index (χ4v) is 3.68. The molecule has 2 aliphatic heterocycles. The molecule has 1 aromatic carbocycles. The number of ether oxygens (including phenoxy) is 3. The quantitative estimate of drug-likeness (QED) is 0.519. The smallest absolute Gasteiger partial charge is 0.339 e. The second kappa shape index (κ2) is 8.38. The first kappa shape index (κ1) is 21.7. The Morgan fingerprint density at radius 2 is 1.90 bits per heavy atom. The summed E-state index contributed by atoms with van der Waals surface area (Å²) < 4.78 is 32.0. The van der Waals surface area contributed by atoms with Gasteiger partial charge in [-0.2, -0.15) is 0 Å². The minimum atomic E-state index is -0.880. The molecule has 0 radical (unpaired) electrons. The number of halogens is 1. The van der Waals surface area contributed by atoms with Gasteiger partial charge in [0, 0.05) is 11.5 Å². The Morgan fingerprint density at radius 3 is 2.62 bits per heavy atom. The van der Waals surface area contributed by atoms with E-state index in [-0.39, 0.29) is 17.0 Å². The van der Waals surface area contributed by atoms with Crippen LogP contribution in [0.15, 0.2) is 30.4 Å². The standard InChI is InChI=1S/C23H29FO5/c1-13-10-12-18(25)21-19(28-23(4,5)29-21)8-6-7-16-17(24)11-9-14(2)20(16)22(26)27-15(13)3/h6-7,9-13,15,18-19,21,25H,8H2,1-5H3/b7-6?,12-10-/t13-,15+,18?,19+,21-/m1/s1. The minimum Gasteiger partial charge on any atom is -0.458 e. The van der Waals surface area contributed by atoms with Gasteiger partial charge in [-0.05, 0) is 45.7 Å². The summed E-state index contributed by atoms with van der Waals surface area (Å²) in [6, 6.07) is 2.91. The average Bonchev–Trinajstić information content (AvgIpc) is 2.96. The predicted octanol–water partition coefficient (Wildman–Crippen LogP) is 4.17. The Morgan fingerprint density at radius 1 is 1.17 bits per heavy atom. The van der Waals surface area contributed by atoms with Crippen molar-refractivity contribution in [2.75, 3.05) is 0 Å². The zero-order valence-electron chi connectivity index (χ0n) is 17.5. The molecule has 0 spiro atoms. The van der Waals surface area contributed by atoms with Gasteiger partial charge < -0.3 is 19.3 Å². The maximum atomic E-state index is 14.6. The Hall–Kier alpha value is -2.02. The Labute approximate surface area is 171 Å². The third-order valence-electron chi connectivity index (χ3n) is 5.46. The van der Waals surface area contributed by atoms with E-state index in [9.17, 15) is 14.3 Å². The van der Waals surface area contributed by atoms with E-state index >= 15 is 0 Å².